The van der Waals surface area contributed by atoms with Crippen LogP contribution in [0.1, 0.15) is 11.3 Å². The Kier molecular flexibility index (Phi) is 2.56. The lowest BCUT2D eigenvalue weighted by Crippen LogP contribution is -1.97. The average Bonchev–Trinajstić information content (AvgIpc) is 2.22. The van der Waals surface area contributed by atoms with Crippen molar-refractivity contribution in [3.8, 4) is 11.1 Å². The quantitative estimate of drug-likeness (QED) is 0.746. The molecule has 0 radical (unpaired) electrons. The number of hydrogen-bond donors (Lipinski definition) is 1. The van der Waals surface area contributed by atoms with Gasteiger partial charge in [0.15, 0.2) is 0 Å². The van der Waals surface area contributed by atoms with Gasteiger partial charge in [0, 0.05) is 23.0 Å². The molecule has 2 aromatic rings. The normalized spacial score (nSPS) is 10.4. The van der Waals surface area contributed by atoms with Gasteiger partial charge in [-0.1, -0.05) is 0 Å². The van der Waals surface area contributed by atoms with E-state index in [4.69, 9.17) is 5.73 Å². The molecule has 2 rings (SSSR count). The summed E-state index contributed by atoms with van der Waals surface area (Å²) >= 11 is 0. The number of nitrogens with two attached hydrogens (primary N) is 1. The van der Waals surface area contributed by atoms with Gasteiger partial charge in [0.2, 0.25) is 5.95 Å². The second kappa shape index (κ2) is 3.89. The van der Waals surface area contributed by atoms with E-state index in [1.54, 1.807) is 18.3 Å². The van der Waals surface area contributed by atoms with Crippen LogP contribution < -0.4 is 5.73 Å². The molecule has 0 aliphatic rings. The first-order chi connectivity index (χ1) is 7.58. The van der Waals surface area contributed by atoms with Crippen LogP contribution in [0, 0.1) is 19.8 Å². The van der Waals surface area contributed by atoms with Crippen LogP contribution in [0.25, 0.3) is 11.1 Å². The van der Waals surface area contributed by atoms with Crippen molar-refractivity contribution in [3.05, 3.63) is 41.6 Å². The summed E-state index contributed by atoms with van der Waals surface area (Å²) in [7, 11) is 0. The van der Waals surface area contributed by atoms with Crippen molar-refractivity contribution < 1.29 is 4.39 Å². The predicted octanol–water partition coefficient (Wildman–Crippen LogP) is 2.48. The molecule has 2 heterocycles. The Labute approximate surface area is 93.2 Å². The Morgan fingerprint density at radius 1 is 1.19 bits per heavy atom. The van der Waals surface area contributed by atoms with E-state index in [0.29, 0.717) is 5.56 Å². The van der Waals surface area contributed by atoms with Crippen molar-refractivity contribution >= 4 is 5.82 Å². The van der Waals surface area contributed by atoms with E-state index in [2.05, 4.69) is 9.97 Å². The summed E-state index contributed by atoms with van der Waals surface area (Å²) in [6.07, 6.45) is 1.75. The molecule has 0 unspecified atom stereocenters. The van der Waals surface area contributed by atoms with Gasteiger partial charge >= 0.3 is 0 Å². The lowest BCUT2D eigenvalue weighted by Gasteiger charge is -2.07. The molecular formula is C12H12FN3. The molecule has 4 heteroatoms. The Balaban J connectivity index is 2.62. The number of anilines is 1. The largest absolute Gasteiger partial charge is 0.384 e. The average molecular weight is 217 g/mol. The molecule has 0 saturated carbocycles. The van der Waals surface area contributed by atoms with Crippen LogP contribution in [0.3, 0.4) is 0 Å². The zero-order valence-electron chi connectivity index (χ0n) is 9.16. The van der Waals surface area contributed by atoms with Crippen molar-refractivity contribution in [1.82, 2.24) is 9.97 Å². The van der Waals surface area contributed by atoms with Crippen LogP contribution in [0.15, 0.2) is 24.4 Å². The van der Waals surface area contributed by atoms with Crippen LogP contribution in [0.5, 0.6) is 0 Å². The summed E-state index contributed by atoms with van der Waals surface area (Å²) in [6.45, 7) is 3.75. The van der Waals surface area contributed by atoms with Gasteiger partial charge in [-0.25, -0.2) is 4.98 Å². The smallest absolute Gasteiger partial charge is 0.222 e. The van der Waals surface area contributed by atoms with Gasteiger partial charge in [0.25, 0.3) is 0 Å². The minimum Gasteiger partial charge on any atom is -0.384 e. The summed E-state index contributed by atoms with van der Waals surface area (Å²) in [5.74, 6) is -0.380. The number of pyridine rings is 2. The third-order valence-electron chi connectivity index (χ3n) is 2.38. The lowest BCUT2D eigenvalue weighted by molar-refractivity contribution is 0.589. The SMILES string of the molecule is Cc1cnc(C)c(-c2ccc(N)nc2F)c1. The summed E-state index contributed by atoms with van der Waals surface area (Å²) in [6, 6.07) is 5.10. The summed E-state index contributed by atoms with van der Waals surface area (Å²) in [5.41, 5.74) is 8.35. The van der Waals surface area contributed by atoms with E-state index < -0.39 is 5.95 Å². The van der Waals surface area contributed by atoms with Gasteiger partial charge in [-0.15, -0.1) is 0 Å². The molecule has 2 aromatic heterocycles. The highest BCUT2D eigenvalue weighted by atomic mass is 19.1. The maximum absolute atomic E-state index is 13.6. The van der Waals surface area contributed by atoms with E-state index in [9.17, 15) is 4.39 Å². The number of aryl methyl sites for hydroxylation is 2. The maximum atomic E-state index is 13.6. The molecule has 0 aromatic carbocycles. The highest BCUT2D eigenvalue weighted by Crippen LogP contribution is 2.25. The van der Waals surface area contributed by atoms with Crippen LogP contribution >= 0.6 is 0 Å². The van der Waals surface area contributed by atoms with E-state index in [1.165, 1.54) is 0 Å². The Hall–Kier alpha value is -1.97. The predicted molar refractivity (Wildman–Crippen MR) is 61.3 cm³/mol. The standard InChI is InChI=1S/C12H12FN3/c1-7-5-10(8(2)15-6-7)9-3-4-11(14)16-12(9)13/h3-6H,1-2H3,(H2,14,16). The van der Waals surface area contributed by atoms with Crippen molar-refractivity contribution in [2.75, 3.05) is 5.73 Å². The van der Waals surface area contributed by atoms with Crippen molar-refractivity contribution in [3.63, 3.8) is 0 Å². The first-order valence-electron chi connectivity index (χ1n) is 4.93. The van der Waals surface area contributed by atoms with Crippen LogP contribution in [0.4, 0.5) is 10.2 Å². The van der Waals surface area contributed by atoms with Crippen LogP contribution in [-0.2, 0) is 0 Å². The fourth-order valence-corrected chi connectivity index (χ4v) is 1.56. The minimum absolute atomic E-state index is 0.180. The lowest BCUT2D eigenvalue weighted by atomic mass is 10.0. The Morgan fingerprint density at radius 3 is 2.62 bits per heavy atom. The minimum atomic E-state index is -0.560. The zero-order chi connectivity index (χ0) is 11.7. The van der Waals surface area contributed by atoms with Gasteiger partial charge in [0.1, 0.15) is 5.82 Å². The van der Waals surface area contributed by atoms with Crippen LogP contribution in [-0.4, -0.2) is 9.97 Å². The molecule has 82 valence electrons. The first kappa shape index (κ1) is 10.5. The molecule has 0 spiro atoms. The fraction of sp³-hybridized carbons (Fsp3) is 0.167. The third-order valence-corrected chi connectivity index (χ3v) is 2.38. The summed E-state index contributed by atoms with van der Waals surface area (Å²) < 4.78 is 13.6. The number of halogens is 1. The first-order valence-corrected chi connectivity index (χ1v) is 4.93. The van der Waals surface area contributed by atoms with E-state index in [-0.39, 0.29) is 5.82 Å². The molecule has 0 amide bonds. The molecule has 16 heavy (non-hydrogen) atoms. The second-order valence-corrected chi connectivity index (χ2v) is 3.72. The van der Waals surface area contributed by atoms with Gasteiger partial charge in [-0.2, -0.15) is 4.39 Å². The zero-order valence-corrected chi connectivity index (χ0v) is 9.16. The molecule has 0 bridgehead atoms. The van der Waals surface area contributed by atoms with Crippen LogP contribution in [0.2, 0.25) is 0 Å². The topological polar surface area (TPSA) is 51.8 Å². The molecule has 0 aliphatic heterocycles. The molecular weight excluding hydrogens is 205 g/mol. The molecule has 3 nitrogen and oxygen atoms in total. The molecule has 0 fully saturated rings. The third kappa shape index (κ3) is 1.86. The second-order valence-electron chi connectivity index (χ2n) is 3.72. The van der Waals surface area contributed by atoms with Gasteiger partial charge in [-0.05, 0) is 37.6 Å². The van der Waals surface area contributed by atoms with Crippen molar-refractivity contribution in [2.24, 2.45) is 0 Å². The van der Waals surface area contributed by atoms with Gasteiger partial charge < -0.3 is 5.73 Å². The molecule has 2 N–H and O–H groups in total. The summed E-state index contributed by atoms with van der Waals surface area (Å²) in [4.78, 5) is 7.80. The van der Waals surface area contributed by atoms with Crippen molar-refractivity contribution in [1.29, 1.82) is 0 Å². The number of nitrogen functional groups attached to an aromatic ring is 1. The Bertz CT molecular complexity index is 538. The van der Waals surface area contributed by atoms with Crippen molar-refractivity contribution in [2.45, 2.75) is 13.8 Å². The monoisotopic (exact) mass is 217 g/mol. The maximum Gasteiger partial charge on any atom is 0.222 e. The number of rotatable bonds is 1. The van der Waals surface area contributed by atoms with Gasteiger partial charge in [0.05, 0.1) is 0 Å². The van der Waals surface area contributed by atoms with Gasteiger partial charge in [-0.3, -0.25) is 4.98 Å². The fourth-order valence-electron chi connectivity index (χ4n) is 1.56. The Morgan fingerprint density at radius 2 is 1.94 bits per heavy atom. The number of hydrogen-bond acceptors (Lipinski definition) is 3. The number of aromatic nitrogens is 2. The molecule has 0 atom stereocenters. The molecule has 0 saturated heterocycles. The summed E-state index contributed by atoms with van der Waals surface area (Å²) in [5, 5.41) is 0. The van der Waals surface area contributed by atoms with E-state index in [0.717, 1.165) is 16.8 Å². The number of nitrogens with zero attached hydrogens (tertiary/aromatic N) is 2. The van der Waals surface area contributed by atoms with E-state index in [1.807, 2.05) is 19.9 Å². The highest BCUT2D eigenvalue weighted by Gasteiger charge is 2.10. The molecule has 0 aliphatic carbocycles. The van der Waals surface area contributed by atoms with E-state index >= 15 is 0 Å². The highest BCUT2D eigenvalue weighted by molar-refractivity contribution is 5.66.